The summed E-state index contributed by atoms with van der Waals surface area (Å²) in [7, 11) is 1.70. The molecule has 0 atom stereocenters. The Balaban J connectivity index is 2.28. The third-order valence-corrected chi connectivity index (χ3v) is 3.67. The second-order valence-electron chi connectivity index (χ2n) is 5.01. The Kier molecular flexibility index (Phi) is 5.31. The maximum absolute atomic E-state index is 5.94. The van der Waals surface area contributed by atoms with Gasteiger partial charge in [-0.15, -0.1) is 0 Å². The molecule has 0 aliphatic heterocycles. The van der Waals surface area contributed by atoms with Crippen LogP contribution in [0.2, 0.25) is 0 Å². The van der Waals surface area contributed by atoms with Crippen LogP contribution in [0.15, 0.2) is 29.8 Å². The molecule has 2 heteroatoms. The zero-order valence-electron chi connectivity index (χ0n) is 12.1. The summed E-state index contributed by atoms with van der Waals surface area (Å²) >= 11 is 0. The molecule has 1 aliphatic carbocycles. The van der Waals surface area contributed by atoms with Gasteiger partial charge in [-0.1, -0.05) is 12.8 Å². The molecule has 0 heterocycles. The summed E-state index contributed by atoms with van der Waals surface area (Å²) in [6, 6.07) is 8.21. The average molecular weight is 260 g/mol. The van der Waals surface area contributed by atoms with Crippen molar-refractivity contribution < 1.29 is 9.47 Å². The van der Waals surface area contributed by atoms with E-state index in [9.17, 15) is 0 Å². The van der Waals surface area contributed by atoms with E-state index < -0.39 is 0 Å². The van der Waals surface area contributed by atoms with Crippen molar-refractivity contribution in [2.45, 2.75) is 45.4 Å². The SMILES string of the molecule is CCOC(=C1CCCCCC1)c1ccc(OC)cc1. The molecule has 2 rings (SSSR count). The molecule has 1 aliphatic rings. The van der Waals surface area contributed by atoms with Gasteiger partial charge >= 0.3 is 0 Å². The van der Waals surface area contributed by atoms with Crippen molar-refractivity contribution >= 4 is 5.76 Å². The molecule has 1 aromatic carbocycles. The van der Waals surface area contributed by atoms with E-state index in [4.69, 9.17) is 9.47 Å². The van der Waals surface area contributed by atoms with Crippen molar-refractivity contribution in [1.82, 2.24) is 0 Å². The molecule has 2 nitrogen and oxygen atoms in total. The minimum atomic E-state index is 0.727. The second kappa shape index (κ2) is 7.22. The fourth-order valence-electron chi connectivity index (χ4n) is 2.66. The Morgan fingerprint density at radius 3 is 2.16 bits per heavy atom. The van der Waals surface area contributed by atoms with Crippen molar-refractivity contribution in [3.8, 4) is 5.75 Å². The summed E-state index contributed by atoms with van der Waals surface area (Å²) in [5.74, 6) is 2.00. The van der Waals surface area contributed by atoms with Gasteiger partial charge in [0.15, 0.2) is 0 Å². The van der Waals surface area contributed by atoms with Gasteiger partial charge in [-0.25, -0.2) is 0 Å². The number of hydrogen-bond donors (Lipinski definition) is 0. The normalized spacial score (nSPS) is 15.8. The Labute approximate surface area is 116 Å². The standard InChI is InChI=1S/C17H24O2/c1-3-19-17(14-8-6-4-5-7-9-14)15-10-12-16(18-2)13-11-15/h10-13H,3-9H2,1-2H3. The van der Waals surface area contributed by atoms with Crippen LogP contribution in [0, 0.1) is 0 Å². The van der Waals surface area contributed by atoms with Crippen LogP contribution in [0.5, 0.6) is 5.75 Å². The molecule has 0 bridgehead atoms. The zero-order valence-corrected chi connectivity index (χ0v) is 12.1. The van der Waals surface area contributed by atoms with Gasteiger partial charge in [0, 0.05) is 5.56 Å². The molecule has 0 radical (unpaired) electrons. The fraction of sp³-hybridized carbons (Fsp3) is 0.529. The lowest BCUT2D eigenvalue weighted by molar-refractivity contribution is 0.293. The van der Waals surface area contributed by atoms with E-state index in [-0.39, 0.29) is 0 Å². The monoisotopic (exact) mass is 260 g/mol. The maximum atomic E-state index is 5.94. The average Bonchev–Trinajstić information content (AvgIpc) is 2.74. The maximum Gasteiger partial charge on any atom is 0.125 e. The summed E-state index contributed by atoms with van der Waals surface area (Å²) < 4.78 is 11.2. The first kappa shape index (κ1) is 14.0. The first-order valence-electron chi connectivity index (χ1n) is 7.34. The van der Waals surface area contributed by atoms with Crippen LogP contribution in [-0.2, 0) is 4.74 Å². The third-order valence-electron chi connectivity index (χ3n) is 3.67. The predicted octanol–water partition coefficient (Wildman–Crippen LogP) is 4.80. The molecular formula is C17H24O2. The van der Waals surface area contributed by atoms with Crippen molar-refractivity contribution in [2.75, 3.05) is 13.7 Å². The molecule has 0 spiro atoms. The summed E-state index contributed by atoms with van der Waals surface area (Å²) in [6.07, 6.45) is 7.66. The number of allylic oxidation sites excluding steroid dienone is 1. The molecular weight excluding hydrogens is 236 g/mol. The van der Waals surface area contributed by atoms with Crippen LogP contribution in [0.25, 0.3) is 5.76 Å². The molecule has 0 saturated heterocycles. The first-order chi connectivity index (χ1) is 9.35. The van der Waals surface area contributed by atoms with Gasteiger partial charge in [-0.05, 0) is 62.4 Å². The molecule has 1 saturated carbocycles. The number of ether oxygens (including phenoxy) is 2. The minimum Gasteiger partial charge on any atom is -0.497 e. The van der Waals surface area contributed by atoms with Gasteiger partial charge < -0.3 is 9.47 Å². The number of rotatable bonds is 4. The lowest BCUT2D eigenvalue weighted by atomic mass is 10.0. The van der Waals surface area contributed by atoms with Crippen LogP contribution < -0.4 is 4.74 Å². The number of hydrogen-bond acceptors (Lipinski definition) is 2. The van der Waals surface area contributed by atoms with Gasteiger partial charge in [0.2, 0.25) is 0 Å². The Bertz CT molecular complexity index is 407. The smallest absolute Gasteiger partial charge is 0.125 e. The highest BCUT2D eigenvalue weighted by atomic mass is 16.5. The van der Waals surface area contributed by atoms with Crippen molar-refractivity contribution in [1.29, 1.82) is 0 Å². The van der Waals surface area contributed by atoms with E-state index >= 15 is 0 Å². The summed E-state index contributed by atoms with van der Waals surface area (Å²) in [5, 5.41) is 0. The van der Waals surface area contributed by atoms with Crippen LogP contribution in [-0.4, -0.2) is 13.7 Å². The number of benzene rings is 1. The molecule has 0 N–H and O–H groups in total. The van der Waals surface area contributed by atoms with Crippen LogP contribution in [0.3, 0.4) is 0 Å². The van der Waals surface area contributed by atoms with E-state index in [1.54, 1.807) is 7.11 Å². The highest BCUT2D eigenvalue weighted by Gasteiger charge is 2.13. The van der Waals surface area contributed by atoms with Crippen molar-refractivity contribution in [3.63, 3.8) is 0 Å². The van der Waals surface area contributed by atoms with Crippen LogP contribution in [0.4, 0.5) is 0 Å². The fourth-order valence-corrected chi connectivity index (χ4v) is 2.66. The van der Waals surface area contributed by atoms with Crippen molar-refractivity contribution in [3.05, 3.63) is 35.4 Å². The topological polar surface area (TPSA) is 18.5 Å². The van der Waals surface area contributed by atoms with E-state index in [1.807, 2.05) is 12.1 Å². The van der Waals surface area contributed by atoms with Gasteiger partial charge in [0.25, 0.3) is 0 Å². The molecule has 104 valence electrons. The highest BCUT2D eigenvalue weighted by Crippen LogP contribution is 2.31. The number of methoxy groups -OCH3 is 1. The Morgan fingerprint density at radius 2 is 1.63 bits per heavy atom. The second-order valence-corrected chi connectivity index (χ2v) is 5.01. The zero-order chi connectivity index (χ0) is 13.5. The largest absolute Gasteiger partial charge is 0.497 e. The molecule has 1 aromatic rings. The quantitative estimate of drug-likeness (QED) is 0.572. The van der Waals surface area contributed by atoms with Gasteiger partial charge in [-0.3, -0.25) is 0 Å². The van der Waals surface area contributed by atoms with Gasteiger partial charge in [0.1, 0.15) is 11.5 Å². The first-order valence-corrected chi connectivity index (χ1v) is 7.34. The highest BCUT2D eigenvalue weighted by molar-refractivity contribution is 5.64. The van der Waals surface area contributed by atoms with Gasteiger partial charge in [-0.2, -0.15) is 0 Å². The van der Waals surface area contributed by atoms with E-state index in [0.717, 1.165) is 18.1 Å². The predicted molar refractivity (Wildman–Crippen MR) is 79.2 cm³/mol. The Hall–Kier alpha value is -1.44. The van der Waals surface area contributed by atoms with Crippen LogP contribution in [0.1, 0.15) is 51.0 Å². The van der Waals surface area contributed by atoms with Crippen molar-refractivity contribution in [2.24, 2.45) is 0 Å². The molecule has 19 heavy (non-hydrogen) atoms. The van der Waals surface area contributed by atoms with E-state index in [0.29, 0.717) is 0 Å². The molecule has 0 amide bonds. The summed E-state index contributed by atoms with van der Waals surface area (Å²) in [6.45, 7) is 2.78. The molecule has 0 aromatic heterocycles. The minimum absolute atomic E-state index is 0.727. The molecule has 1 fully saturated rings. The van der Waals surface area contributed by atoms with Crippen LogP contribution >= 0.6 is 0 Å². The summed E-state index contributed by atoms with van der Waals surface area (Å²) in [4.78, 5) is 0. The third kappa shape index (κ3) is 3.76. The van der Waals surface area contributed by atoms with E-state index in [2.05, 4.69) is 19.1 Å². The van der Waals surface area contributed by atoms with E-state index in [1.165, 1.54) is 49.7 Å². The lowest BCUT2D eigenvalue weighted by Gasteiger charge is -2.15. The van der Waals surface area contributed by atoms with Gasteiger partial charge in [0.05, 0.1) is 13.7 Å². The Morgan fingerprint density at radius 1 is 1.00 bits per heavy atom. The lowest BCUT2D eigenvalue weighted by Crippen LogP contribution is -1.98. The summed E-state index contributed by atoms with van der Waals surface area (Å²) in [5.41, 5.74) is 2.67. The molecule has 0 unspecified atom stereocenters.